The van der Waals surface area contributed by atoms with Gasteiger partial charge in [0.1, 0.15) is 34.8 Å². The van der Waals surface area contributed by atoms with Crippen LogP contribution < -0.4 is 4.74 Å². The van der Waals surface area contributed by atoms with Crippen LogP contribution in [0.3, 0.4) is 0 Å². The predicted molar refractivity (Wildman–Crippen MR) is 117 cm³/mol. The fourth-order valence-electron chi connectivity index (χ4n) is 3.79. The molecule has 4 heterocycles. The number of fused-ring (bicyclic) bond motifs is 2. The van der Waals surface area contributed by atoms with E-state index in [4.69, 9.17) is 9.47 Å². The molecule has 0 fully saturated rings. The molecule has 5 rings (SSSR count). The molecule has 0 aliphatic heterocycles. The molecule has 1 N–H and O–H groups in total. The first kappa shape index (κ1) is 21.5. The lowest BCUT2D eigenvalue weighted by Crippen LogP contribution is -2.04. The molecule has 4 aromatic heterocycles. The van der Waals surface area contributed by atoms with E-state index in [9.17, 15) is 18.0 Å². The second-order valence-corrected chi connectivity index (χ2v) is 7.47. The van der Waals surface area contributed by atoms with Gasteiger partial charge >= 0.3 is 12.1 Å². The molecule has 0 aliphatic carbocycles. The third-order valence-corrected chi connectivity index (χ3v) is 5.38. The first-order valence-electron chi connectivity index (χ1n) is 10.2. The fraction of sp³-hybridized carbons (Fsp3) is 0.125. The van der Waals surface area contributed by atoms with Crippen molar-refractivity contribution in [2.24, 2.45) is 0 Å². The molecule has 0 spiro atoms. The summed E-state index contributed by atoms with van der Waals surface area (Å²) in [5.41, 5.74) is 1.53. The minimum absolute atomic E-state index is 0.0859. The number of hydrogen-bond acceptors (Lipinski definition) is 5. The number of nitrogens with one attached hydrogen (secondary N) is 1. The highest BCUT2D eigenvalue weighted by molar-refractivity contribution is 6.00. The molecule has 0 aliphatic rings. The van der Waals surface area contributed by atoms with Crippen molar-refractivity contribution >= 4 is 22.5 Å². The van der Waals surface area contributed by atoms with Gasteiger partial charge in [0.2, 0.25) is 0 Å². The van der Waals surface area contributed by atoms with E-state index in [-0.39, 0.29) is 23.2 Å². The number of pyridine rings is 2. The van der Waals surface area contributed by atoms with Gasteiger partial charge in [0, 0.05) is 17.1 Å². The number of carbonyl (C=O) groups excluding carboxylic acids is 1. The van der Waals surface area contributed by atoms with Crippen LogP contribution in [0.2, 0.25) is 0 Å². The number of alkyl halides is 3. The van der Waals surface area contributed by atoms with E-state index in [2.05, 4.69) is 15.1 Å². The number of carbonyl (C=O) groups is 1. The first-order chi connectivity index (χ1) is 16.4. The Morgan fingerprint density at radius 3 is 2.65 bits per heavy atom. The summed E-state index contributed by atoms with van der Waals surface area (Å²) in [5, 5.41) is 4.59. The van der Waals surface area contributed by atoms with Crippen LogP contribution in [0.1, 0.15) is 21.6 Å². The van der Waals surface area contributed by atoms with Gasteiger partial charge < -0.3 is 14.5 Å². The minimum atomic E-state index is -4.55. The van der Waals surface area contributed by atoms with Crippen LogP contribution in [0.5, 0.6) is 5.75 Å². The Kier molecular flexibility index (Phi) is 5.20. The normalized spacial score (nSPS) is 11.8. The van der Waals surface area contributed by atoms with Crippen molar-refractivity contribution in [3.8, 4) is 17.0 Å². The molecule has 34 heavy (non-hydrogen) atoms. The van der Waals surface area contributed by atoms with Crippen molar-refractivity contribution in [3.63, 3.8) is 0 Å². The smallest absolute Gasteiger partial charge is 0.431 e. The Morgan fingerprint density at radius 1 is 1.12 bits per heavy atom. The Balaban J connectivity index is 1.67. The highest BCUT2D eigenvalue weighted by Gasteiger charge is 2.33. The third kappa shape index (κ3) is 3.72. The molecule has 0 unspecified atom stereocenters. The van der Waals surface area contributed by atoms with Crippen LogP contribution in [-0.2, 0) is 17.5 Å². The quantitative estimate of drug-likeness (QED) is 0.357. The number of hydrogen-bond donors (Lipinski definition) is 1. The van der Waals surface area contributed by atoms with Crippen LogP contribution in [0.25, 0.3) is 27.8 Å². The second kappa shape index (κ2) is 8.22. The summed E-state index contributed by atoms with van der Waals surface area (Å²) in [6.07, 6.45) is -1.80. The SMILES string of the molecule is COC(=O)c1cnn2c(-c3ccnc4[nH]c(C(F)(F)F)cc34)ccc(OCc3ccccc3)c12. The summed E-state index contributed by atoms with van der Waals surface area (Å²) in [7, 11) is 1.26. The number of halogens is 3. The minimum Gasteiger partial charge on any atom is -0.487 e. The number of ether oxygens (including phenoxy) is 2. The summed E-state index contributed by atoms with van der Waals surface area (Å²) >= 11 is 0. The number of methoxy groups -OCH3 is 1. The summed E-state index contributed by atoms with van der Waals surface area (Å²) in [6, 6.07) is 15.4. The van der Waals surface area contributed by atoms with E-state index >= 15 is 0 Å². The maximum Gasteiger partial charge on any atom is 0.431 e. The van der Waals surface area contributed by atoms with Crippen molar-refractivity contribution in [1.29, 1.82) is 0 Å². The van der Waals surface area contributed by atoms with E-state index in [1.165, 1.54) is 24.0 Å². The molecule has 172 valence electrons. The monoisotopic (exact) mass is 466 g/mol. The average molecular weight is 466 g/mol. The van der Waals surface area contributed by atoms with E-state index < -0.39 is 17.8 Å². The van der Waals surface area contributed by atoms with Crippen molar-refractivity contribution < 1.29 is 27.4 Å². The molecule has 7 nitrogen and oxygen atoms in total. The van der Waals surface area contributed by atoms with Gasteiger partial charge in [-0.15, -0.1) is 0 Å². The van der Waals surface area contributed by atoms with Crippen molar-refractivity contribution in [3.05, 3.63) is 83.8 Å². The Labute approximate surface area is 190 Å². The summed E-state index contributed by atoms with van der Waals surface area (Å²) in [6.45, 7) is 0.244. The lowest BCUT2D eigenvalue weighted by molar-refractivity contribution is -0.140. The van der Waals surface area contributed by atoms with E-state index in [0.29, 0.717) is 22.5 Å². The van der Waals surface area contributed by atoms with Crippen LogP contribution >= 0.6 is 0 Å². The summed E-state index contributed by atoms with van der Waals surface area (Å²) in [5.74, 6) is -0.238. The Bertz CT molecular complexity index is 1510. The first-order valence-corrected chi connectivity index (χ1v) is 10.2. The third-order valence-electron chi connectivity index (χ3n) is 5.38. The zero-order valence-electron chi connectivity index (χ0n) is 17.8. The molecule has 0 atom stereocenters. The van der Waals surface area contributed by atoms with E-state index in [1.807, 2.05) is 30.3 Å². The highest BCUT2D eigenvalue weighted by Crippen LogP contribution is 2.36. The molecule has 0 saturated carbocycles. The number of aromatic nitrogens is 4. The van der Waals surface area contributed by atoms with Crippen LogP contribution in [0.15, 0.2) is 67.0 Å². The molecule has 0 bridgehead atoms. The molecule has 5 aromatic rings. The van der Waals surface area contributed by atoms with Crippen LogP contribution in [-0.4, -0.2) is 32.7 Å². The molecular weight excluding hydrogens is 449 g/mol. The van der Waals surface area contributed by atoms with Gasteiger partial charge in [-0.25, -0.2) is 14.3 Å². The van der Waals surface area contributed by atoms with Crippen molar-refractivity contribution in [1.82, 2.24) is 19.6 Å². The Morgan fingerprint density at radius 2 is 1.91 bits per heavy atom. The van der Waals surface area contributed by atoms with Gasteiger partial charge in [-0.3, -0.25) is 0 Å². The van der Waals surface area contributed by atoms with Crippen LogP contribution in [0, 0.1) is 0 Å². The maximum atomic E-state index is 13.3. The zero-order chi connectivity index (χ0) is 23.9. The van der Waals surface area contributed by atoms with Gasteiger partial charge in [-0.05, 0) is 29.8 Å². The lowest BCUT2D eigenvalue weighted by atomic mass is 10.1. The lowest BCUT2D eigenvalue weighted by Gasteiger charge is -2.12. The zero-order valence-corrected chi connectivity index (χ0v) is 17.8. The van der Waals surface area contributed by atoms with Gasteiger partial charge in [-0.1, -0.05) is 30.3 Å². The number of nitrogens with zero attached hydrogens (tertiary/aromatic N) is 3. The number of rotatable bonds is 5. The highest BCUT2D eigenvalue weighted by atomic mass is 19.4. The molecule has 0 amide bonds. The maximum absolute atomic E-state index is 13.3. The number of aromatic amines is 1. The molecule has 0 saturated heterocycles. The van der Waals surface area contributed by atoms with Crippen molar-refractivity contribution in [2.75, 3.05) is 7.11 Å². The Hall–Kier alpha value is -4.34. The number of benzene rings is 1. The van der Waals surface area contributed by atoms with E-state index in [0.717, 1.165) is 11.6 Å². The molecule has 1 aromatic carbocycles. The largest absolute Gasteiger partial charge is 0.487 e. The predicted octanol–water partition coefficient (Wildman–Crippen LogP) is 5.26. The molecule has 10 heteroatoms. The number of esters is 1. The molecule has 0 radical (unpaired) electrons. The van der Waals surface area contributed by atoms with E-state index in [1.54, 1.807) is 18.2 Å². The van der Waals surface area contributed by atoms with Crippen molar-refractivity contribution in [2.45, 2.75) is 12.8 Å². The summed E-state index contributed by atoms with van der Waals surface area (Å²) < 4.78 is 52.2. The fourth-order valence-corrected chi connectivity index (χ4v) is 3.79. The van der Waals surface area contributed by atoms with Gasteiger partial charge in [0.25, 0.3) is 0 Å². The standard InChI is InChI=1S/C24H17F3N4O3/c1-33-23(32)17-12-29-31-18(7-8-19(21(17)31)34-13-14-5-3-2-4-6-14)15-9-10-28-22-16(15)11-20(30-22)24(25,26)27/h2-12H,13H2,1H3,(H,28,30). The molecular formula is C24H17F3N4O3. The average Bonchev–Trinajstić information content (AvgIpc) is 3.48. The topological polar surface area (TPSA) is 81.5 Å². The van der Waals surface area contributed by atoms with Gasteiger partial charge in [0.05, 0.1) is 19.0 Å². The van der Waals surface area contributed by atoms with Gasteiger partial charge in [-0.2, -0.15) is 18.3 Å². The number of H-pyrrole nitrogens is 1. The summed E-state index contributed by atoms with van der Waals surface area (Å²) in [4.78, 5) is 18.8. The second-order valence-electron chi connectivity index (χ2n) is 7.47. The van der Waals surface area contributed by atoms with Crippen LogP contribution in [0.4, 0.5) is 13.2 Å². The van der Waals surface area contributed by atoms with Gasteiger partial charge in [0.15, 0.2) is 0 Å².